The Labute approximate surface area is 189 Å². The molecule has 0 radical (unpaired) electrons. The summed E-state index contributed by atoms with van der Waals surface area (Å²) in [5.41, 5.74) is 1.52. The van der Waals surface area contributed by atoms with Crippen LogP contribution in [0.2, 0.25) is 0 Å². The maximum atomic E-state index is 12.3. The quantitative estimate of drug-likeness (QED) is 0.277. The molecule has 11 heteroatoms. The number of benzene rings is 2. The Morgan fingerprint density at radius 3 is 2.59 bits per heavy atom. The zero-order valence-corrected chi connectivity index (χ0v) is 18.7. The van der Waals surface area contributed by atoms with Crippen LogP contribution in [0.1, 0.15) is 18.3 Å². The van der Waals surface area contributed by atoms with E-state index in [9.17, 15) is 14.9 Å². The maximum absolute atomic E-state index is 12.3. The monoisotopic (exact) mass is 457 g/mol. The van der Waals surface area contributed by atoms with Crippen LogP contribution < -0.4 is 14.8 Å². The van der Waals surface area contributed by atoms with Crippen molar-refractivity contribution in [3.8, 4) is 11.5 Å². The summed E-state index contributed by atoms with van der Waals surface area (Å²) in [7, 11) is 1.59. The summed E-state index contributed by atoms with van der Waals surface area (Å²) >= 11 is 1.25. The molecule has 3 rings (SSSR count). The first-order chi connectivity index (χ1) is 15.4. The van der Waals surface area contributed by atoms with Gasteiger partial charge in [0.1, 0.15) is 6.61 Å². The van der Waals surface area contributed by atoms with E-state index in [2.05, 4.69) is 15.5 Å². The number of nitro groups is 1. The molecule has 0 aliphatic rings. The van der Waals surface area contributed by atoms with Gasteiger partial charge in [-0.3, -0.25) is 14.9 Å². The molecule has 0 saturated carbocycles. The number of ether oxygens (including phenoxy) is 2. The van der Waals surface area contributed by atoms with Crippen molar-refractivity contribution in [1.82, 2.24) is 14.8 Å². The van der Waals surface area contributed by atoms with Crippen LogP contribution in [0.15, 0.2) is 47.6 Å². The number of methoxy groups -OCH3 is 1. The average Bonchev–Trinajstić information content (AvgIpc) is 3.18. The number of amides is 1. The number of anilines is 1. The van der Waals surface area contributed by atoms with E-state index in [1.807, 2.05) is 36.6 Å². The van der Waals surface area contributed by atoms with Gasteiger partial charge in [-0.15, -0.1) is 10.2 Å². The number of carbonyl (C=O) groups is 1. The molecule has 0 aliphatic carbocycles. The summed E-state index contributed by atoms with van der Waals surface area (Å²) in [6.07, 6.45) is 0. The first-order valence-electron chi connectivity index (χ1n) is 9.78. The Hall–Kier alpha value is -3.60. The summed E-state index contributed by atoms with van der Waals surface area (Å²) in [4.78, 5) is 22.5. The molecule has 0 saturated heterocycles. The van der Waals surface area contributed by atoms with Gasteiger partial charge in [0.15, 0.2) is 22.5 Å². The van der Waals surface area contributed by atoms with Gasteiger partial charge in [0.2, 0.25) is 5.91 Å². The van der Waals surface area contributed by atoms with Crippen LogP contribution in [-0.2, 0) is 17.9 Å². The van der Waals surface area contributed by atoms with Crippen molar-refractivity contribution < 1.29 is 19.2 Å². The van der Waals surface area contributed by atoms with Crippen LogP contribution in [0, 0.1) is 17.0 Å². The molecular formula is C21H23N5O5S. The molecule has 2 aromatic carbocycles. The minimum absolute atomic E-state index is 0.0357. The Bertz CT molecular complexity index is 1100. The third kappa shape index (κ3) is 5.76. The standard InChI is InChI=1S/C21H23N5O5S/c1-4-25-19(12-31-17-10-5-14(2)11-18(17)30-3)23-24-21(25)32-13-20(27)22-15-6-8-16(9-7-15)26(28)29/h5-11H,4,12-13H2,1-3H3,(H,22,27). The molecular weight excluding hydrogens is 434 g/mol. The number of nitrogens with zero attached hydrogens (tertiary/aromatic N) is 4. The summed E-state index contributed by atoms with van der Waals surface area (Å²) in [5, 5.41) is 22.4. The Morgan fingerprint density at radius 2 is 1.94 bits per heavy atom. The highest BCUT2D eigenvalue weighted by molar-refractivity contribution is 7.99. The number of non-ortho nitro benzene ring substituents is 1. The molecule has 1 heterocycles. The van der Waals surface area contributed by atoms with Crippen LogP contribution in [0.4, 0.5) is 11.4 Å². The van der Waals surface area contributed by atoms with Gasteiger partial charge in [-0.1, -0.05) is 17.8 Å². The third-order valence-corrected chi connectivity index (χ3v) is 5.45. The van der Waals surface area contributed by atoms with Gasteiger partial charge in [0.25, 0.3) is 5.69 Å². The molecule has 168 valence electrons. The highest BCUT2D eigenvalue weighted by Gasteiger charge is 2.15. The first-order valence-corrected chi connectivity index (χ1v) is 10.8. The van der Waals surface area contributed by atoms with Crippen LogP contribution in [0.5, 0.6) is 11.5 Å². The number of aryl methyl sites for hydroxylation is 1. The number of thioether (sulfide) groups is 1. The molecule has 0 unspecified atom stereocenters. The average molecular weight is 458 g/mol. The van der Waals surface area contributed by atoms with Gasteiger partial charge in [-0.25, -0.2) is 0 Å². The van der Waals surface area contributed by atoms with Gasteiger partial charge in [0, 0.05) is 24.4 Å². The second-order valence-corrected chi connectivity index (χ2v) is 7.67. The van der Waals surface area contributed by atoms with Crippen LogP contribution in [-0.4, -0.2) is 38.5 Å². The van der Waals surface area contributed by atoms with E-state index in [0.29, 0.717) is 34.7 Å². The van der Waals surface area contributed by atoms with Crippen LogP contribution in [0.3, 0.4) is 0 Å². The van der Waals surface area contributed by atoms with E-state index in [-0.39, 0.29) is 24.0 Å². The second-order valence-electron chi connectivity index (χ2n) is 6.73. The van der Waals surface area contributed by atoms with Gasteiger partial charge >= 0.3 is 0 Å². The lowest BCUT2D eigenvalue weighted by molar-refractivity contribution is -0.384. The molecule has 0 spiro atoms. The molecule has 32 heavy (non-hydrogen) atoms. The molecule has 3 aromatic rings. The van der Waals surface area contributed by atoms with Crippen molar-refractivity contribution in [1.29, 1.82) is 0 Å². The smallest absolute Gasteiger partial charge is 0.269 e. The summed E-state index contributed by atoms with van der Waals surface area (Å²) < 4.78 is 13.1. The largest absolute Gasteiger partial charge is 0.493 e. The zero-order valence-electron chi connectivity index (χ0n) is 17.9. The number of nitro benzene ring substituents is 1. The van der Waals surface area contributed by atoms with Crippen molar-refractivity contribution in [3.05, 3.63) is 64.0 Å². The highest BCUT2D eigenvalue weighted by Crippen LogP contribution is 2.28. The number of hydrogen-bond donors (Lipinski definition) is 1. The van der Waals surface area contributed by atoms with Crippen molar-refractivity contribution in [2.45, 2.75) is 32.2 Å². The lowest BCUT2D eigenvalue weighted by Crippen LogP contribution is -2.15. The lowest BCUT2D eigenvalue weighted by Gasteiger charge is -2.12. The molecule has 1 amide bonds. The van der Waals surface area contributed by atoms with Crippen molar-refractivity contribution in [3.63, 3.8) is 0 Å². The van der Waals surface area contributed by atoms with Crippen LogP contribution >= 0.6 is 11.8 Å². The van der Waals surface area contributed by atoms with E-state index in [4.69, 9.17) is 9.47 Å². The minimum Gasteiger partial charge on any atom is -0.493 e. The highest BCUT2D eigenvalue weighted by atomic mass is 32.2. The minimum atomic E-state index is -0.491. The fourth-order valence-corrected chi connectivity index (χ4v) is 3.70. The topological polar surface area (TPSA) is 121 Å². The van der Waals surface area contributed by atoms with Gasteiger partial charge in [-0.05, 0) is 43.7 Å². The van der Waals surface area contributed by atoms with E-state index in [1.54, 1.807) is 7.11 Å². The summed E-state index contributed by atoms with van der Waals surface area (Å²) in [5.74, 6) is 1.75. The Balaban J connectivity index is 1.58. The van der Waals surface area contributed by atoms with E-state index < -0.39 is 4.92 Å². The summed E-state index contributed by atoms with van der Waals surface area (Å²) in [6.45, 7) is 4.75. The number of hydrogen-bond acceptors (Lipinski definition) is 8. The number of carbonyl (C=O) groups excluding carboxylic acids is 1. The molecule has 0 fully saturated rings. The van der Waals surface area contributed by atoms with Crippen LogP contribution in [0.25, 0.3) is 0 Å². The second kappa shape index (κ2) is 10.6. The predicted molar refractivity (Wildman–Crippen MR) is 120 cm³/mol. The SMILES string of the molecule is CCn1c(COc2ccc(C)cc2OC)nnc1SCC(=O)Nc1ccc([N+](=O)[O-])cc1. The maximum Gasteiger partial charge on any atom is 0.269 e. The van der Waals surface area contributed by atoms with Gasteiger partial charge < -0.3 is 19.4 Å². The summed E-state index contributed by atoms with van der Waals surface area (Å²) in [6, 6.07) is 11.3. The van der Waals surface area contributed by atoms with Gasteiger partial charge in [-0.2, -0.15) is 0 Å². The predicted octanol–water partition coefficient (Wildman–Crippen LogP) is 3.83. The lowest BCUT2D eigenvalue weighted by atomic mass is 10.2. The molecule has 0 aliphatic heterocycles. The van der Waals surface area contributed by atoms with Crippen molar-refractivity contribution in [2.24, 2.45) is 0 Å². The molecule has 10 nitrogen and oxygen atoms in total. The fourth-order valence-electron chi connectivity index (χ4n) is 2.88. The number of nitrogens with one attached hydrogen (secondary N) is 1. The number of aromatic nitrogens is 3. The molecule has 0 atom stereocenters. The molecule has 1 N–H and O–H groups in total. The fraction of sp³-hybridized carbons (Fsp3) is 0.286. The Morgan fingerprint density at radius 1 is 1.19 bits per heavy atom. The van der Waals surface area contributed by atoms with E-state index in [1.165, 1.54) is 36.0 Å². The van der Waals surface area contributed by atoms with Gasteiger partial charge in [0.05, 0.1) is 17.8 Å². The number of rotatable bonds is 10. The van der Waals surface area contributed by atoms with Crippen molar-refractivity contribution >= 4 is 29.0 Å². The Kier molecular flexibility index (Phi) is 7.66. The van der Waals surface area contributed by atoms with Crippen molar-refractivity contribution in [2.75, 3.05) is 18.2 Å². The first kappa shape index (κ1) is 23.1. The zero-order chi connectivity index (χ0) is 23.1. The van der Waals surface area contributed by atoms with E-state index >= 15 is 0 Å². The molecule has 0 bridgehead atoms. The molecule has 1 aromatic heterocycles. The van der Waals surface area contributed by atoms with E-state index in [0.717, 1.165) is 5.56 Å². The third-order valence-electron chi connectivity index (χ3n) is 4.48. The normalized spacial score (nSPS) is 10.6.